The van der Waals surface area contributed by atoms with Crippen molar-refractivity contribution < 1.29 is 6.16 Å². The molecule has 1 atom stereocenters. The first-order valence-corrected chi connectivity index (χ1v) is 6.73. The SMILES string of the molecule is CCCCNC/C(C)=C/C(=NC)C1(N(C)C)CO1.[HH]. The van der Waals surface area contributed by atoms with Crippen LogP contribution in [0.15, 0.2) is 16.6 Å². The number of hydrogen-bond donors (Lipinski definition) is 1. The largest absolute Gasteiger partial charge is 0.347 e. The van der Waals surface area contributed by atoms with Gasteiger partial charge in [0.05, 0.1) is 12.3 Å². The zero-order valence-electron chi connectivity index (χ0n) is 12.4. The van der Waals surface area contributed by atoms with Crippen molar-refractivity contribution in [1.29, 1.82) is 0 Å². The third-order valence-corrected chi connectivity index (χ3v) is 3.28. The topological polar surface area (TPSA) is 40.2 Å². The molecule has 1 fully saturated rings. The van der Waals surface area contributed by atoms with E-state index in [1.54, 1.807) is 0 Å². The van der Waals surface area contributed by atoms with Gasteiger partial charge in [0, 0.05) is 15.0 Å². The van der Waals surface area contributed by atoms with Gasteiger partial charge < -0.3 is 10.1 Å². The molecule has 1 N–H and O–H groups in total. The molecule has 0 saturated carbocycles. The van der Waals surface area contributed by atoms with Crippen molar-refractivity contribution >= 4 is 5.71 Å². The highest BCUT2D eigenvalue weighted by atomic mass is 16.6. The van der Waals surface area contributed by atoms with Gasteiger partial charge in [-0.2, -0.15) is 0 Å². The molecule has 0 aromatic rings. The third kappa shape index (κ3) is 3.90. The number of nitrogens with zero attached hydrogens (tertiary/aromatic N) is 2. The van der Waals surface area contributed by atoms with Gasteiger partial charge >= 0.3 is 0 Å². The number of ether oxygens (including phenoxy) is 1. The van der Waals surface area contributed by atoms with Crippen LogP contribution < -0.4 is 5.32 Å². The van der Waals surface area contributed by atoms with Crippen LogP contribution in [0, 0.1) is 0 Å². The van der Waals surface area contributed by atoms with Crippen LogP contribution in [-0.2, 0) is 4.74 Å². The summed E-state index contributed by atoms with van der Waals surface area (Å²) in [6.45, 7) is 7.07. The number of aliphatic imine (C=N–C) groups is 1. The highest BCUT2D eigenvalue weighted by Gasteiger charge is 2.51. The van der Waals surface area contributed by atoms with Gasteiger partial charge in [0.25, 0.3) is 0 Å². The van der Waals surface area contributed by atoms with E-state index in [9.17, 15) is 0 Å². The summed E-state index contributed by atoms with van der Waals surface area (Å²) in [5, 5.41) is 3.44. The molecule has 0 bridgehead atoms. The summed E-state index contributed by atoms with van der Waals surface area (Å²) in [4.78, 5) is 6.46. The molecular weight excluding hydrogens is 226 g/mol. The lowest BCUT2D eigenvalue weighted by Crippen LogP contribution is -2.39. The zero-order valence-corrected chi connectivity index (χ0v) is 12.4. The molecule has 4 heteroatoms. The Labute approximate surface area is 113 Å². The van der Waals surface area contributed by atoms with Crippen LogP contribution in [0.1, 0.15) is 28.1 Å². The first-order valence-electron chi connectivity index (χ1n) is 6.73. The van der Waals surface area contributed by atoms with Gasteiger partial charge in [-0.3, -0.25) is 9.89 Å². The second-order valence-corrected chi connectivity index (χ2v) is 5.10. The second-order valence-electron chi connectivity index (χ2n) is 5.10. The maximum Gasteiger partial charge on any atom is 0.187 e. The lowest BCUT2D eigenvalue weighted by Gasteiger charge is -2.20. The van der Waals surface area contributed by atoms with Gasteiger partial charge in [0.1, 0.15) is 0 Å². The summed E-state index contributed by atoms with van der Waals surface area (Å²) in [5.74, 6) is 0. The van der Waals surface area contributed by atoms with Gasteiger partial charge in [-0.25, -0.2) is 0 Å². The van der Waals surface area contributed by atoms with Gasteiger partial charge in [-0.05, 0) is 40.1 Å². The number of unbranched alkanes of at least 4 members (excludes halogenated alkanes) is 1. The summed E-state index contributed by atoms with van der Waals surface area (Å²) in [7, 11) is 5.89. The molecule has 0 spiro atoms. The first-order chi connectivity index (χ1) is 8.56. The fourth-order valence-corrected chi connectivity index (χ4v) is 1.93. The first kappa shape index (κ1) is 15.3. The Hall–Kier alpha value is -0.710. The number of likely N-dealkylation sites (N-methyl/N-ethyl adjacent to an activating group) is 1. The molecule has 0 amide bonds. The monoisotopic (exact) mass is 255 g/mol. The molecule has 1 saturated heterocycles. The van der Waals surface area contributed by atoms with E-state index in [0.717, 1.165) is 25.4 Å². The molecule has 1 unspecified atom stereocenters. The summed E-state index contributed by atoms with van der Waals surface area (Å²) in [6.07, 6.45) is 4.60. The molecule has 106 valence electrons. The smallest absolute Gasteiger partial charge is 0.187 e. The standard InChI is InChI=1S/C14H27N3O.H2/c1-6-7-8-16-10-12(2)9-13(15-3)14(11-18-14)17(4)5;/h9,16H,6-8,10-11H2,1-5H3;1H/b12-9+,15-13?;. The predicted octanol–water partition coefficient (Wildman–Crippen LogP) is 1.93. The minimum absolute atomic E-state index is 0. The minimum atomic E-state index is -0.278. The van der Waals surface area contributed by atoms with Crippen LogP contribution in [0.5, 0.6) is 0 Å². The van der Waals surface area contributed by atoms with Gasteiger partial charge in [0.15, 0.2) is 5.72 Å². The Morgan fingerprint density at radius 1 is 1.56 bits per heavy atom. The van der Waals surface area contributed by atoms with Gasteiger partial charge in [0.2, 0.25) is 0 Å². The number of nitrogens with one attached hydrogen (secondary N) is 1. The summed E-state index contributed by atoms with van der Waals surface area (Å²) in [5.41, 5.74) is 2.03. The fraction of sp³-hybridized carbons (Fsp3) is 0.786. The van der Waals surface area contributed by atoms with Crippen molar-refractivity contribution in [2.45, 2.75) is 32.4 Å². The van der Waals surface area contributed by atoms with Crippen LogP contribution in [0.2, 0.25) is 0 Å². The maximum atomic E-state index is 5.58. The number of rotatable bonds is 8. The molecule has 0 aromatic heterocycles. The van der Waals surface area contributed by atoms with Crippen molar-refractivity contribution in [1.82, 2.24) is 10.2 Å². The number of hydrogen-bond acceptors (Lipinski definition) is 4. The second kappa shape index (κ2) is 7.02. The lowest BCUT2D eigenvalue weighted by molar-refractivity contribution is 0.197. The van der Waals surface area contributed by atoms with E-state index in [0.29, 0.717) is 0 Å². The summed E-state index contributed by atoms with van der Waals surface area (Å²) >= 11 is 0. The lowest BCUT2D eigenvalue weighted by atomic mass is 10.1. The van der Waals surface area contributed by atoms with Crippen LogP contribution in [0.4, 0.5) is 0 Å². The molecule has 0 radical (unpaired) electrons. The Kier molecular flexibility index (Phi) is 5.99. The average Bonchev–Trinajstić information content (AvgIpc) is 3.13. The van der Waals surface area contributed by atoms with Crippen LogP contribution >= 0.6 is 0 Å². The highest BCUT2D eigenvalue weighted by molar-refractivity contribution is 6.03. The molecule has 1 heterocycles. The van der Waals surface area contributed by atoms with Gasteiger partial charge in [-0.1, -0.05) is 18.9 Å². The van der Waals surface area contributed by atoms with Crippen molar-refractivity contribution in [2.75, 3.05) is 40.8 Å². The molecule has 1 aliphatic rings. The normalized spacial score (nSPS) is 24.8. The van der Waals surface area contributed by atoms with E-state index in [1.165, 1.54) is 18.4 Å². The van der Waals surface area contributed by atoms with Crippen LogP contribution in [0.25, 0.3) is 0 Å². The Morgan fingerprint density at radius 3 is 2.67 bits per heavy atom. The van der Waals surface area contributed by atoms with E-state index >= 15 is 0 Å². The zero-order chi connectivity index (χ0) is 13.6. The Balaban J connectivity index is 0.00000324. The average molecular weight is 255 g/mol. The van der Waals surface area contributed by atoms with Crippen molar-refractivity contribution in [3.05, 3.63) is 11.6 Å². The molecular formula is C14H29N3O. The molecule has 0 aromatic carbocycles. The molecule has 18 heavy (non-hydrogen) atoms. The molecule has 1 aliphatic heterocycles. The van der Waals surface area contributed by atoms with Crippen LogP contribution in [0.3, 0.4) is 0 Å². The van der Waals surface area contributed by atoms with Crippen LogP contribution in [-0.4, -0.2) is 57.2 Å². The van der Waals surface area contributed by atoms with Crippen molar-refractivity contribution in [3.63, 3.8) is 0 Å². The minimum Gasteiger partial charge on any atom is -0.347 e. The molecule has 1 rings (SSSR count). The van der Waals surface area contributed by atoms with E-state index in [2.05, 4.69) is 35.1 Å². The highest BCUT2D eigenvalue weighted by Crippen LogP contribution is 2.31. The Morgan fingerprint density at radius 2 is 2.22 bits per heavy atom. The quantitative estimate of drug-likeness (QED) is 0.409. The number of epoxide rings is 1. The Bertz CT molecular complexity index is 323. The molecule has 0 aliphatic carbocycles. The summed E-state index contributed by atoms with van der Waals surface area (Å²) in [6, 6.07) is 0. The van der Waals surface area contributed by atoms with Crippen molar-refractivity contribution in [2.24, 2.45) is 4.99 Å². The van der Waals surface area contributed by atoms with Gasteiger partial charge in [-0.15, -0.1) is 0 Å². The maximum absolute atomic E-state index is 5.58. The van der Waals surface area contributed by atoms with E-state index < -0.39 is 0 Å². The van der Waals surface area contributed by atoms with E-state index in [-0.39, 0.29) is 7.15 Å². The van der Waals surface area contributed by atoms with Crippen molar-refractivity contribution in [3.8, 4) is 0 Å². The van der Waals surface area contributed by atoms with E-state index in [4.69, 9.17) is 4.74 Å². The summed E-state index contributed by atoms with van der Waals surface area (Å²) < 4.78 is 5.58. The molecule has 4 nitrogen and oxygen atoms in total. The fourth-order valence-electron chi connectivity index (χ4n) is 1.93. The van der Waals surface area contributed by atoms with E-state index in [1.807, 2.05) is 21.1 Å². The predicted molar refractivity (Wildman–Crippen MR) is 79.4 cm³/mol. The third-order valence-electron chi connectivity index (χ3n) is 3.28.